The van der Waals surface area contributed by atoms with Gasteiger partial charge in [0.1, 0.15) is 18.2 Å². The van der Waals surface area contributed by atoms with Crippen LogP contribution in [0.15, 0.2) is 48.5 Å². The van der Waals surface area contributed by atoms with Crippen LogP contribution in [0.1, 0.15) is 0 Å². The number of nitrogens with one attached hydrogen (secondary N) is 1. The van der Waals surface area contributed by atoms with Gasteiger partial charge in [0.2, 0.25) is 0 Å². The van der Waals surface area contributed by atoms with Crippen molar-refractivity contribution in [2.75, 3.05) is 18.5 Å². The number of benzene rings is 2. The molecule has 18 heavy (non-hydrogen) atoms. The second-order valence-electron chi connectivity index (χ2n) is 3.69. The summed E-state index contributed by atoms with van der Waals surface area (Å²) in [5, 5.41) is 3.53. The summed E-state index contributed by atoms with van der Waals surface area (Å²) in [7, 11) is 0. The molecular formula is C14H13ClFNO. The highest BCUT2D eigenvalue weighted by Gasteiger charge is 2.01. The molecule has 0 bridgehead atoms. The van der Waals surface area contributed by atoms with E-state index in [0.29, 0.717) is 29.6 Å². The van der Waals surface area contributed by atoms with E-state index in [1.54, 1.807) is 30.3 Å². The molecule has 0 saturated carbocycles. The Kier molecular flexibility index (Phi) is 4.42. The van der Waals surface area contributed by atoms with Crippen LogP contribution in [0.5, 0.6) is 5.75 Å². The highest BCUT2D eigenvalue weighted by Crippen LogP contribution is 2.22. The number of rotatable bonds is 5. The van der Waals surface area contributed by atoms with E-state index in [1.165, 1.54) is 6.07 Å². The van der Waals surface area contributed by atoms with Gasteiger partial charge in [-0.3, -0.25) is 0 Å². The zero-order valence-electron chi connectivity index (χ0n) is 9.70. The Labute approximate surface area is 110 Å². The molecule has 2 nitrogen and oxygen atoms in total. The minimum atomic E-state index is -0.268. The second kappa shape index (κ2) is 6.26. The lowest BCUT2D eigenvalue weighted by Gasteiger charge is -2.10. The third-order valence-corrected chi connectivity index (χ3v) is 2.70. The summed E-state index contributed by atoms with van der Waals surface area (Å²) in [6.07, 6.45) is 0. The lowest BCUT2D eigenvalue weighted by Crippen LogP contribution is -2.12. The topological polar surface area (TPSA) is 21.3 Å². The molecule has 2 aromatic rings. The second-order valence-corrected chi connectivity index (χ2v) is 4.09. The molecule has 0 fully saturated rings. The molecule has 0 aliphatic rings. The molecule has 0 aliphatic carbocycles. The van der Waals surface area contributed by atoms with E-state index in [4.69, 9.17) is 16.3 Å². The Hall–Kier alpha value is -1.74. The van der Waals surface area contributed by atoms with E-state index in [9.17, 15) is 4.39 Å². The summed E-state index contributed by atoms with van der Waals surface area (Å²) in [6.45, 7) is 0.921. The largest absolute Gasteiger partial charge is 0.490 e. The molecule has 0 aliphatic heterocycles. The normalized spacial score (nSPS) is 10.1. The number of hydrogen-bond acceptors (Lipinski definition) is 2. The molecule has 0 atom stereocenters. The Bertz CT molecular complexity index is 471. The van der Waals surface area contributed by atoms with Crippen LogP contribution >= 0.6 is 11.6 Å². The average molecular weight is 266 g/mol. The first-order valence-corrected chi connectivity index (χ1v) is 6.01. The van der Waals surface area contributed by atoms with Crippen molar-refractivity contribution < 1.29 is 9.13 Å². The Balaban J connectivity index is 1.80. The number of anilines is 1. The maximum absolute atomic E-state index is 13.3. The van der Waals surface area contributed by atoms with Gasteiger partial charge >= 0.3 is 0 Å². The van der Waals surface area contributed by atoms with Gasteiger partial charge in [-0.1, -0.05) is 35.9 Å². The quantitative estimate of drug-likeness (QED) is 0.826. The minimum Gasteiger partial charge on any atom is -0.490 e. The first kappa shape index (κ1) is 12.7. The van der Waals surface area contributed by atoms with Crippen LogP contribution in [-0.2, 0) is 0 Å². The minimum absolute atomic E-state index is 0.268. The fourth-order valence-electron chi connectivity index (χ4n) is 1.51. The van der Waals surface area contributed by atoms with Crippen molar-refractivity contribution in [3.63, 3.8) is 0 Å². The van der Waals surface area contributed by atoms with Gasteiger partial charge in [0.25, 0.3) is 0 Å². The van der Waals surface area contributed by atoms with E-state index in [2.05, 4.69) is 5.32 Å². The molecular weight excluding hydrogens is 253 g/mol. The maximum Gasteiger partial charge on any atom is 0.146 e. The summed E-state index contributed by atoms with van der Waals surface area (Å²) in [6, 6.07) is 13.8. The molecule has 94 valence electrons. The lowest BCUT2D eigenvalue weighted by molar-refractivity contribution is 0.333. The number of para-hydroxylation sites is 2. The van der Waals surface area contributed by atoms with Crippen LogP contribution in [0.4, 0.5) is 10.1 Å². The summed E-state index contributed by atoms with van der Waals surface area (Å²) in [5.41, 5.74) is 0.472. The lowest BCUT2D eigenvalue weighted by atomic mass is 10.3. The van der Waals surface area contributed by atoms with E-state index in [0.717, 1.165) is 0 Å². The first-order chi connectivity index (χ1) is 8.77. The summed E-state index contributed by atoms with van der Waals surface area (Å²) in [4.78, 5) is 0. The van der Waals surface area contributed by atoms with Gasteiger partial charge in [0.15, 0.2) is 0 Å². The SMILES string of the molecule is Fc1ccccc1NCCOc1ccccc1Cl. The summed E-state index contributed by atoms with van der Waals surface area (Å²) in [5.74, 6) is 0.366. The molecule has 2 aromatic carbocycles. The predicted octanol–water partition coefficient (Wildman–Crippen LogP) is 3.97. The van der Waals surface area contributed by atoms with Crippen LogP contribution in [-0.4, -0.2) is 13.2 Å². The smallest absolute Gasteiger partial charge is 0.146 e. The monoisotopic (exact) mass is 265 g/mol. The fourth-order valence-corrected chi connectivity index (χ4v) is 1.70. The van der Waals surface area contributed by atoms with Crippen LogP contribution in [0.2, 0.25) is 5.02 Å². The predicted molar refractivity (Wildman–Crippen MR) is 71.8 cm³/mol. The molecule has 0 heterocycles. The Morgan fingerprint density at radius 2 is 1.78 bits per heavy atom. The van der Waals surface area contributed by atoms with Crippen LogP contribution in [0.25, 0.3) is 0 Å². The first-order valence-electron chi connectivity index (χ1n) is 5.63. The Morgan fingerprint density at radius 3 is 2.56 bits per heavy atom. The van der Waals surface area contributed by atoms with Crippen molar-refractivity contribution in [2.24, 2.45) is 0 Å². The fraction of sp³-hybridized carbons (Fsp3) is 0.143. The van der Waals surface area contributed by atoms with Crippen molar-refractivity contribution >= 4 is 17.3 Å². The van der Waals surface area contributed by atoms with Gasteiger partial charge in [0.05, 0.1) is 10.7 Å². The Morgan fingerprint density at radius 1 is 1.06 bits per heavy atom. The molecule has 0 spiro atoms. The van der Waals surface area contributed by atoms with Gasteiger partial charge < -0.3 is 10.1 Å². The van der Waals surface area contributed by atoms with Gasteiger partial charge in [0, 0.05) is 6.54 Å². The molecule has 0 unspecified atom stereocenters. The molecule has 2 rings (SSSR count). The third kappa shape index (κ3) is 3.37. The highest BCUT2D eigenvalue weighted by molar-refractivity contribution is 6.32. The highest BCUT2D eigenvalue weighted by atomic mass is 35.5. The van der Waals surface area contributed by atoms with Crippen molar-refractivity contribution in [1.82, 2.24) is 0 Å². The summed E-state index contributed by atoms with van der Waals surface area (Å²) < 4.78 is 18.8. The molecule has 4 heteroatoms. The zero-order chi connectivity index (χ0) is 12.8. The van der Waals surface area contributed by atoms with Crippen molar-refractivity contribution in [3.8, 4) is 5.75 Å². The number of hydrogen-bond donors (Lipinski definition) is 1. The summed E-state index contributed by atoms with van der Waals surface area (Å²) >= 11 is 5.94. The van der Waals surface area contributed by atoms with E-state index < -0.39 is 0 Å². The molecule has 0 amide bonds. The van der Waals surface area contributed by atoms with Gasteiger partial charge in [-0.15, -0.1) is 0 Å². The van der Waals surface area contributed by atoms with E-state index >= 15 is 0 Å². The standard InChI is InChI=1S/C14H13ClFNO/c15-11-5-1-4-8-14(11)18-10-9-17-13-7-3-2-6-12(13)16/h1-8,17H,9-10H2. The van der Waals surface area contributed by atoms with Crippen LogP contribution in [0, 0.1) is 5.82 Å². The van der Waals surface area contributed by atoms with Crippen molar-refractivity contribution in [1.29, 1.82) is 0 Å². The average Bonchev–Trinajstić information content (AvgIpc) is 2.38. The number of halogens is 2. The van der Waals surface area contributed by atoms with E-state index in [-0.39, 0.29) is 5.82 Å². The van der Waals surface area contributed by atoms with Crippen molar-refractivity contribution in [3.05, 3.63) is 59.4 Å². The number of ether oxygens (including phenoxy) is 1. The van der Waals surface area contributed by atoms with E-state index in [1.807, 2.05) is 12.1 Å². The molecule has 1 N–H and O–H groups in total. The van der Waals surface area contributed by atoms with Crippen LogP contribution < -0.4 is 10.1 Å². The maximum atomic E-state index is 13.3. The third-order valence-electron chi connectivity index (χ3n) is 2.39. The molecule has 0 saturated heterocycles. The van der Waals surface area contributed by atoms with Crippen LogP contribution in [0.3, 0.4) is 0 Å². The molecule has 0 aromatic heterocycles. The molecule has 0 radical (unpaired) electrons. The zero-order valence-corrected chi connectivity index (χ0v) is 10.5. The van der Waals surface area contributed by atoms with Gasteiger partial charge in [-0.2, -0.15) is 0 Å². The van der Waals surface area contributed by atoms with Gasteiger partial charge in [-0.25, -0.2) is 4.39 Å². The van der Waals surface area contributed by atoms with Gasteiger partial charge in [-0.05, 0) is 24.3 Å². The van der Waals surface area contributed by atoms with Crippen molar-refractivity contribution in [2.45, 2.75) is 0 Å².